The summed E-state index contributed by atoms with van der Waals surface area (Å²) >= 11 is 12.1. The summed E-state index contributed by atoms with van der Waals surface area (Å²) in [6, 6.07) is 12.5. The van der Waals surface area contributed by atoms with E-state index in [-0.39, 0.29) is 12.5 Å². The molecule has 0 fully saturated rings. The van der Waals surface area contributed by atoms with E-state index in [0.717, 1.165) is 10.6 Å². The minimum Gasteiger partial charge on any atom is -0.357 e. The summed E-state index contributed by atoms with van der Waals surface area (Å²) < 4.78 is 25.8. The summed E-state index contributed by atoms with van der Waals surface area (Å²) in [6.07, 6.45) is 1.38. The summed E-state index contributed by atoms with van der Waals surface area (Å²) in [7, 11) is -2.26. The average Bonchev–Trinajstić information content (AvgIpc) is 2.73. The lowest BCUT2D eigenvalue weighted by atomic mass is 10.1. The molecule has 0 spiro atoms. The van der Waals surface area contributed by atoms with Crippen LogP contribution in [0.5, 0.6) is 0 Å². The first kappa shape index (κ1) is 25.0. The van der Waals surface area contributed by atoms with E-state index < -0.39 is 28.5 Å². The Hall–Kier alpha value is -2.29. The summed E-state index contributed by atoms with van der Waals surface area (Å²) in [5.41, 5.74) is 1.02. The maximum absolute atomic E-state index is 13.3. The minimum absolute atomic E-state index is 0.0635. The molecule has 0 aliphatic carbocycles. The lowest BCUT2D eigenvalue weighted by Gasteiger charge is -2.32. The van der Waals surface area contributed by atoms with Crippen LogP contribution in [0.15, 0.2) is 48.5 Å². The van der Waals surface area contributed by atoms with Crippen molar-refractivity contribution in [2.45, 2.75) is 25.9 Å². The second kappa shape index (κ2) is 10.8. The van der Waals surface area contributed by atoms with Crippen molar-refractivity contribution in [2.24, 2.45) is 0 Å². The van der Waals surface area contributed by atoms with Gasteiger partial charge in [0.05, 0.1) is 22.0 Å². The van der Waals surface area contributed by atoms with Crippen molar-refractivity contribution in [3.05, 3.63) is 64.1 Å². The van der Waals surface area contributed by atoms with Crippen molar-refractivity contribution in [3.63, 3.8) is 0 Å². The predicted octanol–water partition coefficient (Wildman–Crippen LogP) is 3.31. The Bertz CT molecular complexity index is 1030. The van der Waals surface area contributed by atoms with E-state index in [4.69, 9.17) is 23.2 Å². The van der Waals surface area contributed by atoms with E-state index in [2.05, 4.69) is 5.32 Å². The normalized spacial score (nSPS) is 12.2. The van der Waals surface area contributed by atoms with Crippen LogP contribution in [0.4, 0.5) is 5.69 Å². The number of para-hydroxylation sites is 1. The van der Waals surface area contributed by atoms with Crippen LogP contribution in [-0.4, -0.2) is 51.0 Å². The monoisotopic (exact) mass is 485 g/mol. The number of nitrogens with one attached hydrogen (secondary N) is 1. The van der Waals surface area contributed by atoms with Crippen LogP contribution in [0, 0.1) is 0 Å². The molecule has 0 saturated carbocycles. The highest BCUT2D eigenvalue weighted by atomic mass is 35.5. The zero-order valence-electron chi connectivity index (χ0n) is 17.5. The quantitative estimate of drug-likeness (QED) is 0.589. The Labute approximate surface area is 193 Å². The number of carbonyl (C=O) groups excluding carboxylic acids is 2. The highest BCUT2D eigenvalue weighted by Gasteiger charge is 2.31. The van der Waals surface area contributed by atoms with E-state index >= 15 is 0 Å². The van der Waals surface area contributed by atoms with Gasteiger partial charge in [-0.25, -0.2) is 8.42 Å². The van der Waals surface area contributed by atoms with Crippen molar-refractivity contribution >= 4 is 50.7 Å². The van der Waals surface area contributed by atoms with Crippen molar-refractivity contribution < 1.29 is 18.0 Å². The molecule has 2 rings (SSSR count). The molecule has 10 heteroatoms. The third kappa shape index (κ3) is 6.59. The van der Waals surface area contributed by atoms with Gasteiger partial charge in [-0.05, 0) is 36.2 Å². The molecule has 1 atom stereocenters. The van der Waals surface area contributed by atoms with Crippen LogP contribution in [0.2, 0.25) is 10.0 Å². The van der Waals surface area contributed by atoms with Crippen LogP contribution in [0.1, 0.15) is 18.9 Å². The molecule has 1 N–H and O–H groups in total. The second-order valence-corrected chi connectivity index (χ2v) is 9.63. The Morgan fingerprint density at radius 1 is 1.06 bits per heavy atom. The fraction of sp³-hybridized carbons (Fsp3) is 0.333. The van der Waals surface area contributed by atoms with Gasteiger partial charge in [0.15, 0.2) is 0 Å². The van der Waals surface area contributed by atoms with Crippen molar-refractivity contribution in [1.29, 1.82) is 0 Å². The molecule has 0 aliphatic heterocycles. The van der Waals surface area contributed by atoms with Crippen LogP contribution < -0.4 is 9.62 Å². The molecule has 2 aromatic rings. The van der Waals surface area contributed by atoms with Gasteiger partial charge in [-0.2, -0.15) is 0 Å². The number of hydrogen-bond donors (Lipinski definition) is 1. The first-order chi connectivity index (χ1) is 14.6. The second-order valence-electron chi connectivity index (χ2n) is 6.91. The van der Waals surface area contributed by atoms with Gasteiger partial charge >= 0.3 is 0 Å². The van der Waals surface area contributed by atoms with E-state index in [1.807, 2.05) is 0 Å². The summed E-state index contributed by atoms with van der Waals surface area (Å²) in [5, 5.41) is 3.25. The largest absolute Gasteiger partial charge is 0.357 e. The number of carbonyl (C=O) groups is 2. The molecule has 0 bridgehead atoms. The maximum atomic E-state index is 13.3. The van der Waals surface area contributed by atoms with Gasteiger partial charge < -0.3 is 10.2 Å². The third-order valence-corrected chi connectivity index (χ3v) is 6.57. The fourth-order valence-electron chi connectivity index (χ4n) is 3.13. The first-order valence-electron chi connectivity index (χ1n) is 9.56. The molecule has 0 heterocycles. The van der Waals surface area contributed by atoms with Crippen LogP contribution >= 0.6 is 23.2 Å². The molecule has 31 heavy (non-hydrogen) atoms. The van der Waals surface area contributed by atoms with Crippen LogP contribution in [0.3, 0.4) is 0 Å². The summed E-state index contributed by atoms with van der Waals surface area (Å²) in [5.74, 6) is -0.864. The molecular weight excluding hydrogens is 461 g/mol. The summed E-state index contributed by atoms with van der Waals surface area (Å²) in [6.45, 7) is 1.40. The van der Waals surface area contributed by atoms with Crippen LogP contribution in [-0.2, 0) is 26.2 Å². The molecule has 0 aromatic heterocycles. The number of amides is 2. The highest BCUT2D eigenvalue weighted by molar-refractivity contribution is 7.92. The van der Waals surface area contributed by atoms with Gasteiger partial charge in [-0.3, -0.25) is 13.9 Å². The van der Waals surface area contributed by atoms with E-state index in [0.29, 0.717) is 27.7 Å². The highest BCUT2D eigenvalue weighted by Crippen LogP contribution is 2.24. The Morgan fingerprint density at radius 3 is 2.23 bits per heavy atom. The standard InChI is InChI=1S/C21H25Cl2N3O4S/c1-4-19(21(28)24-2)25(13-15-10-11-17(22)18(23)12-15)20(27)14-26(31(3,29)30)16-8-6-5-7-9-16/h5-12,19H,4,13-14H2,1-3H3,(H,24,28)/t19-/m0/s1. The Kier molecular flexibility index (Phi) is 8.73. The SMILES string of the molecule is CC[C@@H](C(=O)NC)N(Cc1ccc(Cl)c(Cl)c1)C(=O)CN(c1ccccc1)S(C)(=O)=O. The van der Waals surface area contributed by atoms with Gasteiger partial charge in [0.25, 0.3) is 0 Å². The molecule has 0 saturated heterocycles. The molecule has 2 aromatic carbocycles. The average molecular weight is 486 g/mol. The van der Waals surface area contributed by atoms with Gasteiger partial charge in [0.1, 0.15) is 12.6 Å². The van der Waals surface area contributed by atoms with Crippen LogP contribution in [0.25, 0.3) is 0 Å². The zero-order valence-corrected chi connectivity index (χ0v) is 19.8. The smallest absolute Gasteiger partial charge is 0.244 e. The minimum atomic E-state index is -3.74. The van der Waals surface area contributed by atoms with E-state index in [1.165, 1.54) is 11.9 Å². The van der Waals surface area contributed by atoms with E-state index in [1.54, 1.807) is 55.5 Å². The molecule has 0 radical (unpaired) electrons. The number of nitrogens with zero attached hydrogens (tertiary/aromatic N) is 2. The Balaban J connectivity index is 2.42. The number of sulfonamides is 1. The molecule has 7 nitrogen and oxygen atoms in total. The van der Waals surface area contributed by atoms with Gasteiger partial charge in [0.2, 0.25) is 21.8 Å². The number of benzene rings is 2. The number of hydrogen-bond acceptors (Lipinski definition) is 4. The molecule has 0 aliphatic rings. The van der Waals surface area contributed by atoms with Gasteiger partial charge in [-0.15, -0.1) is 0 Å². The summed E-state index contributed by atoms with van der Waals surface area (Å²) in [4.78, 5) is 27.2. The number of anilines is 1. The fourth-order valence-corrected chi connectivity index (χ4v) is 4.30. The number of halogens is 2. The maximum Gasteiger partial charge on any atom is 0.244 e. The van der Waals surface area contributed by atoms with E-state index in [9.17, 15) is 18.0 Å². The van der Waals surface area contributed by atoms with Crippen molar-refractivity contribution in [1.82, 2.24) is 10.2 Å². The van der Waals surface area contributed by atoms with Gasteiger partial charge in [-0.1, -0.05) is 54.4 Å². The first-order valence-corrected chi connectivity index (χ1v) is 12.2. The molecule has 0 unspecified atom stereocenters. The topological polar surface area (TPSA) is 86.8 Å². The molecule has 2 amide bonds. The van der Waals surface area contributed by atoms with Crippen molar-refractivity contribution in [2.75, 3.05) is 24.2 Å². The predicted molar refractivity (Wildman–Crippen MR) is 124 cm³/mol. The Morgan fingerprint density at radius 2 is 1.71 bits per heavy atom. The van der Waals surface area contributed by atoms with Crippen molar-refractivity contribution in [3.8, 4) is 0 Å². The molecule has 168 valence electrons. The zero-order chi connectivity index (χ0) is 23.2. The van der Waals surface area contributed by atoms with Gasteiger partial charge in [0, 0.05) is 13.6 Å². The number of likely N-dealkylation sites (N-methyl/N-ethyl adjacent to an activating group) is 1. The third-order valence-electron chi connectivity index (χ3n) is 4.69. The lowest BCUT2D eigenvalue weighted by Crippen LogP contribution is -2.51. The lowest BCUT2D eigenvalue weighted by molar-refractivity contribution is -0.140. The number of rotatable bonds is 9. The molecular formula is C21H25Cl2N3O4S.